The second-order valence-electron chi connectivity index (χ2n) is 4.94. The van der Waals surface area contributed by atoms with Gasteiger partial charge in [0.05, 0.1) is 11.9 Å². The van der Waals surface area contributed by atoms with Gasteiger partial charge in [0, 0.05) is 18.9 Å². The van der Waals surface area contributed by atoms with Crippen LogP contribution < -0.4 is 4.72 Å². The Morgan fingerprint density at radius 3 is 2.71 bits per heavy atom. The molecular weight excluding hydrogens is 296 g/mol. The predicted octanol–water partition coefficient (Wildman–Crippen LogP) is 0.176. The number of nitrogens with one attached hydrogen (secondary N) is 1. The maximum atomic E-state index is 11.9. The number of carboxylic acids is 1. The summed E-state index contributed by atoms with van der Waals surface area (Å²) in [6, 6.07) is 3.54. The van der Waals surface area contributed by atoms with Crippen molar-refractivity contribution in [3.05, 3.63) is 30.1 Å². The smallest absolute Gasteiger partial charge is 0.332 e. The van der Waals surface area contributed by atoms with Crippen molar-refractivity contribution in [2.24, 2.45) is 0 Å². The van der Waals surface area contributed by atoms with Crippen LogP contribution in [-0.2, 0) is 26.0 Å². The minimum atomic E-state index is -3.40. The highest BCUT2D eigenvalue weighted by molar-refractivity contribution is 7.89. The van der Waals surface area contributed by atoms with Gasteiger partial charge in [-0.15, -0.1) is 0 Å². The van der Waals surface area contributed by atoms with Gasteiger partial charge >= 0.3 is 5.97 Å². The summed E-state index contributed by atoms with van der Waals surface area (Å²) in [5, 5.41) is 8.80. The molecule has 0 aliphatic carbocycles. The highest BCUT2D eigenvalue weighted by Gasteiger charge is 2.30. The standard InChI is InChI=1S/C13H18N2O5S/c16-13(17)12-2-1-11(20-12)9-15-21(18,19)8-5-10-3-6-14-7-4-10/h3-4,6-7,11-12,15H,1-2,5,8-9H2,(H,16,17). The van der Waals surface area contributed by atoms with E-state index in [4.69, 9.17) is 9.84 Å². The highest BCUT2D eigenvalue weighted by atomic mass is 32.2. The van der Waals surface area contributed by atoms with E-state index < -0.39 is 22.1 Å². The van der Waals surface area contributed by atoms with E-state index in [0.29, 0.717) is 19.3 Å². The molecule has 0 saturated carbocycles. The second-order valence-corrected chi connectivity index (χ2v) is 6.86. The van der Waals surface area contributed by atoms with Gasteiger partial charge in [-0.05, 0) is 37.0 Å². The van der Waals surface area contributed by atoms with Gasteiger partial charge < -0.3 is 9.84 Å². The normalized spacial score (nSPS) is 22.3. The van der Waals surface area contributed by atoms with Gasteiger partial charge in [-0.3, -0.25) is 4.98 Å². The van der Waals surface area contributed by atoms with Crippen molar-refractivity contribution < 1.29 is 23.1 Å². The zero-order valence-corrected chi connectivity index (χ0v) is 12.3. The van der Waals surface area contributed by atoms with Crippen LogP contribution in [0, 0.1) is 0 Å². The Morgan fingerprint density at radius 2 is 2.10 bits per heavy atom. The average molecular weight is 314 g/mol. The summed E-state index contributed by atoms with van der Waals surface area (Å²) in [5.74, 6) is -1.02. The van der Waals surface area contributed by atoms with Crippen molar-refractivity contribution in [1.82, 2.24) is 9.71 Å². The lowest BCUT2D eigenvalue weighted by atomic mass is 10.2. The first kappa shape index (κ1) is 15.9. The Bertz CT molecular complexity index is 575. The zero-order valence-electron chi connectivity index (χ0n) is 11.4. The largest absolute Gasteiger partial charge is 0.479 e. The number of rotatable bonds is 7. The van der Waals surface area contributed by atoms with Gasteiger partial charge in [-0.1, -0.05) is 0 Å². The van der Waals surface area contributed by atoms with Gasteiger partial charge in [-0.25, -0.2) is 17.9 Å². The Kier molecular flexibility index (Phi) is 5.27. The molecule has 21 heavy (non-hydrogen) atoms. The molecule has 7 nitrogen and oxygen atoms in total. The van der Waals surface area contributed by atoms with E-state index in [1.807, 2.05) is 0 Å². The van der Waals surface area contributed by atoms with Crippen molar-refractivity contribution >= 4 is 16.0 Å². The Labute approximate surface area is 123 Å². The number of aliphatic carboxylic acids is 1. The van der Waals surface area contributed by atoms with Crippen LogP contribution in [0.15, 0.2) is 24.5 Å². The fourth-order valence-corrected chi connectivity index (χ4v) is 3.22. The summed E-state index contributed by atoms with van der Waals surface area (Å²) in [5.41, 5.74) is 0.901. The minimum Gasteiger partial charge on any atom is -0.479 e. The molecule has 1 aliphatic rings. The number of hydrogen-bond acceptors (Lipinski definition) is 5. The molecule has 2 N–H and O–H groups in total. The fourth-order valence-electron chi connectivity index (χ4n) is 2.13. The number of ether oxygens (including phenoxy) is 1. The molecule has 0 spiro atoms. The molecule has 2 atom stereocenters. The van der Waals surface area contributed by atoms with E-state index in [2.05, 4.69) is 9.71 Å². The van der Waals surface area contributed by atoms with Crippen molar-refractivity contribution in [3.8, 4) is 0 Å². The molecule has 1 saturated heterocycles. The van der Waals surface area contributed by atoms with Crippen LogP contribution in [0.5, 0.6) is 0 Å². The molecule has 2 unspecified atom stereocenters. The third kappa shape index (κ3) is 5.07. The second kappa shape index (κ2) is 6.97. The van der Waals surface area contributed by atoms with E-state index in [-0.39, 0.29) is 18.4 Å². The van der Waals surface area contributed by atoms with Crippen LogP contribution in [0.2, 0.25) is 0 Å². The summed E-state index contributed by atoms with van der Waals surface area (Å²) in [7, 11) is -3.40. The summed E-state index contributed by atoms with van der Waals surface area (Å²) in [4.78, 5) is 14.6. The Morgan fingerprint density at radius 1 is 1.38 bits per heavy atom. The monoisotopic (exact) mass is 314 g/mol. The SMILES string of the molecule is O=C(O)C1CCC(CNS(=O)(=O)CCc2ccncc2)O1. The molecule has 0 amide bonds. The van der Waals surface area contributed by atoms with E-state index >= 15 is 0 Å². The first-order valence-electron chi connectivity index (χ1n) is 6.71. The van der Waals surface area contributed by atoms with Gasteiger partial charge in [0.1, 0.15) is 0 Å². The molecule has 0 bridgehead atoms. The molecule has 2 rings (SSSR count). The number of pyridine rings is 1. The molecule has 1 fully saturated rings. The number of aryl methyl sites for hydroxylation is 1. The summed E-state index contributed by atoms with van der Waals surface area (Å²) in [6.07, 6.45) is 3.41. The third-order valence-corrected chi connectivity index (χ3v) is 4.67. The Balaban J connectivity index is 1.76. The van der Waals surface area contributed by atoms with Crippen LogP contribution in [-0.4, -0.2) is 49.0 Å². The molecule has 0 radical (unpaired) electrons. The van der Waals surface area contributed by atoms with E-state index in [1.54, 1.807) is 24.5 Å². The number of sulfonamides is 1. The lowest BCUT2D eigenvalue weighted by molar-refractivity contribution is -0.149. The van der Waals surface area contributed by atoms with Crippen LogP contribution in [0.25, 0.3) is 0 Å². The van der Waals surface area contributed by atoms with Gasteiger partial charge in [0.15, 0.2) is 6.10 Å². The average Bonchev–Trinajstić information content (AvgIpc) is 2.94. The highest BCUT2D eigenvalue weighted by Crippen LogP contribution is 2.19. The van der Waals surface area contributed by atoms with Crippen molar-refractivity contribution in [2.75, 3.05) is 12.3 Å². The van der Waals surface area contributed by atoms with E-state index in [0.717, 1.165) is 5.56 Å². The maximum absolute atomic E-state index is 11.9. The number of aromatic nitrogens is 1. The number of hydrogen-bond donors (Lipinski definition) is 2. The summed E-state index contributed by atoms with van der Waals surface area (Å²) >= 11 is 0. The lowest BCUT2D eigenvalue weighted by Gasteiger charge is -2.12. The van der Waals surface area contributed by atoms with Crippen LogP contribution in [0.3, 0.4) is 0 Å². The first-order valence-corrected chi connectivity index (χ1v) is 8.36. The van der Waals surface area contributed by atoms with Crippen LogP contribution in [0.1, 0.15) is 18.4 Å². The van der Waals surface area contributed by atoms with Crippen LogP contribution >= 0.6 is 0 Å². The molecule has 0 aromatic carbocycles. The zero-order chi connectivity index (χ0) is 15.3. The number of carboxylic acid groups (broad SMARTS) is 1. The molecule has 8 heteroatoms. The molecule has 1 aromatic heterocycles. The molecule has 116 valence electrons. The topological polar surface area (TPSA) is 106 Å². The molecule has 2 heterocycles. The minimum absolute atomic E-state index is 0.0217. The predicted molar refractivity (Wildman–Crippen MR) is 75.3 cm³/mol. The quantitative estimate of drug-likeness (QED) is 0.743. The van der Waals surface area contributed by atoms with E-state index in [1.165, 1.54) is 0 Å². The van der Waals surface area contributed by atoms with E-state index in [9.17, 15) is 13.2 Å². The molecular formula is C13H18N2O5S. The van der Waals surface area contributed by atoms with Gasteiger partial charge in [0.25, 0.3) is 0 Å². The third-order valence-electron chi connectivity index (χ3n) is 3.32. The molecule has 1 aromatic rings. The number of carbonyl (C=O) groups is 1. The first-order chi connectivity index (χ1) is 9.96. The van der Waals surface area contributed by atoms with Crippen LogP contribution in [0.4, 0.5) is 0 Å². The van der Waals surface area contributed by atoms with Crippen molar-refractivity contribution in [3.63, 3.8) is 0 Å². The maximum Gasteiger partial charge on any atom is 0.332 e. The van der Waals surface area contributed by atoms with Crippen molar-refractivity contribution in [1.29, 1.82) is 0 Å². The summed E-state index contributed by atoms with van der Waals surface area (Å²) < 4.78 is 31.5. The van der Waals surface area contributed by atoms with Gasteiger partial charge in [0.2, 0.25) is 10.0 Å². The Hall–Kier alpha value is -1.51. The number of nitrogens with zero attached hydrogens (tertiary/aromatic N) is 1. The van der Waals surface area contributed by atoms with Gasteiger partial charge in [-0.2, -0.15) is 0 Å². The lowest BCUT2D eigenvalue weighted by Crippen LogP contribution is -2.35. The fraction of sp³-hybridized carbons (Fsp3) is 0.538. The molecule has 1 aliphatic heterocycles. The van der Waals surface area contributed by atoms with Crippen molar-refractivity contribution in [2.45, 2.75) is 31.5 Å². The summed E-state index contributed by atoms with van der Waals surface area (Å²) in [6.45, 7) is 0.114.